The van der Waals surface area contributed by atoms with Crippen molar-refractivity contribution in [3.05, 3.63) is 63.3 Å². The molecule has 2 N–H and O–H groups in total. The van der Waals surface area contributed by atoms with Gasteiger partial charge in [-0.25, -0.2) is 9.67 Å². The van der Waals surface area contributed by atoms with Gasteiger partial charge >= 0.3 is 5.97 Å². The lowest BCUT2D eigenvalue weighted by molar-refractivity contribution is -0.138. The number of aromatic amines is 1. The minimum absolute atomic E-state index is 0.297. The summed E-state index contributed by atoms with van der Waals surface area (Å²) in [5, 5.41) is 15.0. The van der Waals surface area contributed by atoms with Gasteiger partial charge in [0, 0.05) is 11.5 Å². The number of benzene rings is 2. The summed E-state index contributed by atoms with van der Waals surface area (Å²) in [7, 11) is 0. The van der Waals surface area contributed by atoms with Gasteiger partial charge in [-0.1, -0.05) is 29.8 Å². The highest BCUT2D eigenvalue weighted by Crippen LogP contribution is 2.33. The van der Waals surface area contributed by atoms with E-state index in [1.165, 1.54) is 12.8 Å². The fourth-order valence-corrected chi connectivity index (χ4v) is 3.79. The SMILES string of the molecule is O=C(O)Cn1nc(Cc2nc3cc(Cl)c(OCC4CC4)cc3[nH]2)c2ccccc2c1=O. The van der Waals surface area contributed by atoms with Crippen molar-refractivity contribution in [3.63, 3.8) is 0 Å². The largest absolute Gasteiger partial charge is 0.492 e. The topological polar surface area (TPSA) is 110 Å². The molecule has 0 atom stereocenters. The van der Waals surface area contributed by atoms with Crippen molar-refractivity contribution in [2.75, 3.05) is 6.61 Å². The zero-order valence-electron chi connectivity index (χ0n) is 16.5. The molecule has 1 aliphatic carbocycles. The van der Waals surface area contributed by atoms with E-state index < -0.39 is 18.1 Å². The summed E-state index contributed by atoms with van der Waals surface area (Å²) in [4.78, 5) is 31.6. The molecular formula is C22H19ClN4O4. The molecular weight excluding hydrogens is 420 g/mol. The van der Waals surface area contributed by atoms with E-state index in [1.807, 2.05) is 12.1 Å². The minimum Gasteiger partial charge on any atom is -0.492 e. The molecule has 1 saturated carbocycles. The number of rotatable bonds is 7. The minimum atomic E-state index is -1.13. The molecule has 2 aromatic heterocycles. The average molecular weight is 439 g/mol. The van der Waals surface area contributed by atoms with Gasteiger partial charge in [-0.3, -0.25) is 9.59 Å². The third-order valence-electron chi connectivity index (χ3n) is 5.32. The molecule has 158 valence electrons. The fraction of sp³-hybridized carbons (Fsp3) is 0.273. The summed E-state index contributed by atoms with van der Waals surface area (Å²) >= 11 is 6.36. The van der Waals surface area contributed by atoms with Gasteiger partial charge in [0.1, 0.15) is 18.1 Å². The molecule has 0 spiro atoms. The Morgan fingerprint density at radius 3 is 2.77 bits per heavy atom. The molecule has 0 amide bonds. The molecule has 0 radical (unpaired) electrons. The molecule has 8 nitrogen and oxygen atoms in total. The van der Waals surface area contributed by atoms with Gasteiger partial charge in [0.2, 0.25) is 0 Å². The lowest BCUT2D eigenvalue weighted by Gasteiger charge is -2.08. The molecule has 1 fully saturated rings. The number of nitrogens with one attached hydrogen (secondary N) is 1. The van der Waals surface area contributed by atoms with Crippen LogP contribution in [0.3, 0.4) is 0 Å². The second-order valence-corrected chi connectivity index (χ2v) is 8.17. The molecule has 5 rings (SSSR count). The maximum atomic E-state index is 12.6. The highest BCUT2D eigenvalue weighted by Gasteiger charge is 2.22. The number of ether oxygens (including phenoxy) is 1. The van der Waals surface area contributed by atoms with Gasteiger partial charge in [0.05, 0.1) is 40.2 Å². The van der Waals surface area contributed by atoms with Crippen LogP contribution in [0.5, 0.6) is 5.75 Å². The number of hydrogen-bond acceptors (Lipinski definition) is 5. The van der Waals surface area contributed by atoms with Gasteiger partial charge in [-0.15, -0.1) is 0 Å². The first-order valence-corrected chi connectivity index (χ1v) is 10.4. The number of nitrogens with zero attached hydrogens (tertiary/aromatic N) is 3. The van der Waals surface area contributed by atoms with E-state index in [9.17, 15) is 9.59 Å². The predicted octanol–water partition coefficient (Wildman–Crippen LogP) is 3.39. The van der Waals surface area contributed by atoms with Crippen LogP contribution in [0.25, 0.3) is 21.8 Å². The molecule has 31 heavy (non-hydrogen) atoms. The summed E-state index contributed by atoms with van der Waals surface area (Å²) in [6.45, 7) is 0.154. The molecule has 2 heterocycles. The maximum Gasteiger partial charge on any atom is 0.325 e. The van der Waals surface area contributed by atoms with Gasteiger partial charge in [0.25, 0.3) is 5.56 Å². The maximum absolute atomic E-state index is 12.6. The quantitative estimate of drug-likeness (QED) is 0.457. The number of aliphatic carboxylic acids is 1. The number of hydrogen-bond donors (Lipinski definition) is 2. The van der Waals surface area contributed by atoms with Gasteiger partial charge in [0.15, 0.2) is 0 Å². The van der Waals surface area contributed by atoms with Crippen molar-refractivity contribution >= 4 is 39.4 Å². The first kappa shape index (κ1) is 19.6. The fourth-order valence-electron chi connectivity index (χ4n) is 3.58. The van der Waals surface area contributed by atoms with Crippen molar-refractivity contribution < 1.29 is 14.6 Å². The monoisotopic (exact) mass is 438 g/mol. The molecule has 0 saturated heterocycles. The number of carboxylic acid groups (broad SMARTS) is 1. The van der Waals surface area contributed by atoms with Crippen molar-refractivity contribution in [2.45, 2.75) is 25.8 Å². The number of halogens is 1. The van der Waals surface area contributed by atoms with Crippen molar-refractivity contribution in [1.29, 1.82) is 0 Å². The summed E-state index contributed by atoms with van der Waals surface area (Å²) in [6.07, 6.45) is 2.68. The highest BCUT2D eigenvalue weighted by atomic mass is 35.5. The third kappa shape index (κ3) is 3.98. The van der Waals surface area contributed by atoms with Crippen LogP contribution in [0.2, 0.25) is 5.02 Å². The van der Waals surface area contributed by atoms with Crippen LogP contribution < -0.4 is 10.3 Å². The van der Waals surface area contributed by atoms with E-state index in [0.29, 0.717) is 57.5 Å². The Bertz CT molecular complexity index is 1370. The smallest absolute Gasteiger partial charge is 0.325 e. The van der Waals surface area contributed by atoms with Crippen LogP contribution in [-0.4, -0.2) is 37.4 Å². The summed E-state index contributed by atoms with van der Waals surface area (Å²) < 4.78 is 6.81. The lowest BCUT2D eigenvalue weighted by atomic mass is 10.1. The number of carboxylic acids is 1. The van der Waals surface area contributed by atoms with Gasteiger partial charge in [-0.05, 0) is 30.9 Å². The number of fused-ring (bicyclic) bond motifs is 2. The van der Waals surface area contributed by atoms with E-state index >= 15 is 0 Å². The van der Waals surface area contributed by atoms with Crippen LogP contribution >= 0.6 is 11.6 Å². The molecule has 9 heteroatoms. The van der Waals surface area contributed by atoms with E-state index in [0.717, 1.165) is 10.2 Å². The standard InChI is InChI=1S/C22H19ClN4O4/c23-15-7-17-18(8-19(15)31-11-12-5-6-12)25-20(24-17)9-16-13-3-1-2-4-14(13)22(30)27(26-16)10-21(28)29/h1-4,7-8,12H,5-6,9-11H2,(H,24,25)(H,28,29). The zero-order chi connectivity index (χ0) is 21.5. The molecule has 0 unspecified atom stereocenters. The van der Waals surface area contributed by atoms with Crippen LogP contribution in [0.1, 0.15) is 24.4 Å². The Labute approximate surface area is 181 Å². The second-order valence-electron chi connectivity index (χ2n) is 7.76. The lowest BCUT2D eigenvalue weighted by Crippen LogP contribution is -2.28. The first-order chi connectivity index (χ1) is 15.0. The van der Waals surface area contributed by atoms with E-state index in [1.54, 1.807) is 24.3 Å². The zero-order valence-corrected chi connectivity index (χ0v) is 17.2. The van der Waals surface area contributed by atoms with Crippen molar-refractivity contribution in [3.8, 4) is 5.75 Å². The molecule has 1 aliphatic rings. The summed E-state index contributed by atoms with van der Waals surface area (Å²) in [5.41, 5.74) is 1.61. The molecule has 2 aromatic carbocycles. The van der Waals surface area contributed by atoms with E-state index in [-0.39, 0.29) is 0 Å². The Balaban J connectivity index is 1.52. The van der Waals surface area contributed by atoms with Gasteiger partial charge < -0.3 is 14.8 Å². The Morgan fingerprint density at radius 2 is 2.03 bits per heavy atom. The number of carbonyl (C=O) groups is 1. The molecule has 0 aliphatic heterocycles. The van der Waals surface area contributed by atoms with Crippen molar-refractivity contribution in [2.24, 2.45) is 5.92 Å². The molecule has 4 aromatic rings. The Hall–Kier alpha value is -3.39. The average Bonchev–Trinajstić information content (AvgIpc) is 3.49. The Morgan fingerprint density at radius 1 is 1.26 bits per heavy atom. The van der Waals surface area contributed by atoms with Crippen molar-refractivity contribution in [1.82, 2.24) is 19.7 Å². The van der Waals surface area contributed by atoms with Gasteiger partial charge in [-0.2, -0.15) is 5.10 Å². The van der Waals surface area contributed by atoms with Crippen LogP contribution in [-0.2, 0) is 17.8 Å². The Kier molecular flexibility index (Phi) is 4.86. The van der Waals surface area contributed by atoms with E-state index in [2.05, 4.69) is 15.1 Å². The summed E-state index contributed by atoms with van der Waals surface area (Å²) in [5.74, 6) is 0.733. The van der Waals surface area contributed by atoms with Crippen LogP contribution in [0.4, 0.5) is 0 Å². The number of imidazole rings is 1. The van der Waals surface area contributed by atoms with Crippen LogP contribution in [0, 0.1) is 5.92 Å². The number of H-pyrrole nitrogens is 1. The predicted molar refractivity (Wildman–Crippen MR) is 116 cm³/mol. The molecule has 0 bridgehead atoms. The first-order valence-electron chi connectivity index (χ1n) is 9.99. The van der Waals surface area contributed by atoms with Crippen LogP contribution in [0.15, 0.2) is 41.2 Å². The second kappa shape index (κ2) is 7.70. The normalized spacial score (nSPS) is 13.7. The van der Waals surface area contributed by atoms with E-state index in [4.69, 9.17) is 21.4 Å². The number of aromatic nitrogens is 4. The highest BCUT2D eigenvalue weighted by molar-refractivity contribution is 6.32. The summed E-state index contributed by atoms with van der Waals surface area (Å²) in [6, 6.07) is 10.6. The third-order valence-corrected chi connectivity index (χ3v) is 5.62.